The Morgan fingerprint density at radius 3 is 2.74 bits per heavy atom. The summed E-state index contributed by atoms with van der Waals surface area (Å²) < 4.78 is 14.8. The molecule has 0 aliphatic heterocycles. The number of nitrogens with one attached hydrogen (secondary N) is 1. The van der Waals surface area contributed by atoms with Crippen LogP contribution in [0.1, 0.15) is 17.4 Å². The molecule has 1 aromatic heterocycles. The minimum atomic E-state index is -0.113. The van der Waals surface area contributed by atoms with Gasteiger partial charge in [-0.2, -0.15) is 0 Å². The molecule has 1 atom stereocenters. The Bertz CT molecular complexity index is 526. The van der Waals surface area contributed by atoms with Gasteiger partial charge in [-0.25, -0.2) is 4.39 Å². The molecule has 2 aromatic rings. The standard InChI is InChI=1S/C15H17BrFNS/c1-2-18-13(9-14-8-12(16)10-19-14)7-11-5-3-4-6-15(11)17/h3-6,8,10,13,18H,2,7,9H2,1H3. The van der Waals surface area contributed by atoms with Crippen molar-refractivity contribution in [2.75, 3.05) is 6.54 Å². The number of thiophene rings is 1. The summed E-state index contributed by atoms with van der Waals surface area (Å²) in [6.45, 7) is 2.98. The quantitative estimate of drug-likeness (QED) is 0.820. The molecule has 2 rings (SSSR count). The Kier molecular flexibility index (Phi) is 5.55. The van der Waals surface area contributed by atoms with Crippen LogP contribution in [0.2, 0.25) is 0 Å². The molecule has 1 aromatic carbocycles. The van der Waals surface area contributed by atoms with E-state index in [0.29, 0.717) is 0 Å². The van der Waals surface area contributed by atoms with Gasteiger partial charge in [0.25, 0.3) is 0 Å². The fourth-order valence-corrected chi connectivity index (χ4v) is 3.67. The van der Waals surface area contributed by atoms with Gasteiger partial charge in [-0.1, -0.05) is 25.1 Å². The van der Waals surface area contributed by atoms with Crippen molar-refractivity contribution in [3.05, 3.63) is 56.4 Å². The number of rotatable bonds is 6. The third kappa shape index (κ3) is 4.41. The topological polar surface area (TPSA) is 12.0 Å². The molecule has 0 bridgehead atoms. The zero-order chi connectivity index (χ0) is 13.7. The SMILES string of the molecule is CCNC(Cc1cc(Br)cs1)Cc1ccccc1F. The highest BCUT2D eigenvalue weighted by Crippen LogP contribution is 2.22. The van der Waals surface area contributed by atoms with Crippen LogP contribution < -0.4 is 5.32 Å². The summed E-state index contributed by atoms with van der Waals surface area (Å²) in [7, 11) is 0. The van der Waals surface area contributed by atoms with Gasteiger partial charge < -0.3 is 5.32 Å². The van der Waals surface area contributed by atoms with E-state index in [1.165, 1.54) is 10.9 Å². The van der Waals surface area contributed by atoms with E-state index in [1.54, 1.807) is 17.4 Å². The van der Waals surface area contributed by atoms with E-state index >= 15 is 0 Å². The van der Waals surface area contributed by atoms with Crippen molar-refractivity contribution in [1.29, 1.82) is 0 Å². The number of hydrogen-bond acceptors (Lipinski definition) is 2. The van der Waals surface area contributed by atoms with E-state index in [2.05, 4.69) is 39.6 Å². The smallest absolute Gasteiger partial charge is 0.126 e. The summed E-state index contributed by atoms with van der Waals surface area (Å²) in [5, 5.41) is 5.53. The molecule has 1 heterocycles. The Labute approximate surface area is 126 Å². The molecule has 0 aliphatic rings. The molecular formula is C15H17BrFNS. The van der Waals surface area contributed by atoms with Crippen LogP contribution in [0.25, 0.3) is 0 Å². The van der Waals surface area contributed by atoms with Crippen molar-refractivity contribution < 1.29 is 4.39 Å². The Morgan fingerprint density at radius 2 is 2.11 bits per heavy atom. The number of benzene rings is 1. The van der Waals surface area contributed by atoms with Gasteiger partial charge in [0.15, 0.2) is 0 Å². The first-order valence-electron chi connectivity index (χ1n) is 6.38. The fraction of sp³-hybridized carbons (Fsp3) is 0.333. The first-order valence-corrected chi connectivity index (χ1v) is 8.06. The van der Waals surface area contributed by atoms with Crippen molar-refractivity contribution >= 4 is 27.3 Å². The summed E-state index contributed by atoms with van der Waals surface area (Å²) >= 11 is 5.21. The second-order valence-corrected chi connectivity index (χ2v) is 6.40. The minimum Gasteiger partial charge on any atom is -0.314 e. The van der Waals surface area contributed by atoms with Gasteiger partial charge in [-0.15, -0.1) is 11.3 Å². The maximum atomic E-state index is 13.7. The molecule has 0 radical (unpaired) electrons. The molecule has 0 fully saturated rings. The Hall–Kier alpha value is -0.710. The number of hydrogen-bond donors (Lipinski definition) is 1. The van der Waals surface area contributed by atoms with Crippen LogP contribution in [0.4, 0.5) is 4.39 Å². The second kappa shape index (κ2) is 7.17. The summed E-state index contributed by atoms with van der Waals surface area (Å²) in [6.07, 6.45) is 1.65. The van der Waals surface area contributed by atoms with Crippen molar-refractivity contribution in [1.82, 2.24) is 5.32 Å². The van der Waals surface area contributed by atoms with Crippen LogP contribution in [-0.2, 0) is 12.8 Å². The van der Waals surface area contributed by atoms with E-state index in [0.717, 1.165) is 29.4 Å². The van der Waals surface area contributed by atoms with Gasteiger partial charge in [-0.05, 0) is 53.0 Å². The first-order chi connectivity index (χ1) is 9.19. The van der Waals surface area contributed by atoms with Gasteiger partial charge in [-0.3, -0.25) is 0 Å². The molecular weight excluding hydrogens is 325 g/mol. The highest BCUT2D eigenvalue weighted by Gasteiger charge is 2.13. The van der Waals surface area contributed by atoms with Crippen LogP contribution in [0, 0.1) is 5.82 Å². The van der Waals surface area contributed by atoms with Gasteiger partial charge in [0.1, 0.15) is 5.82 Å². The van der Waals surface area contributed by atoms with Gasteiger partial charge in [0, 0.05) is 20.8 Å². The summed E-state index contributed by atoms with van der Waals surface area (Å²) in [5.74, 6) is -0.113. The Balaban J connectivity index is 2.06. The number of likely N-dealkylation sites (N-methyl/N-ethyl adjacent to an activating group) is 1. The first kappa shape index (κ1) is 14.7. The predicted octanol–water partition coefficient (Wildman–Crippen LogP) is 4.41. The van der Waals surface area contributed by atoms with Crippen LogP contribution in [0.15, 0.2) is 40.2 Å². The van der Waals surface area contributed by atoms with Crippen LogP contribution in [0.5, 0.6) is 0 Å². The van der Waals surface area contributed by atoms with E-state index in [9.17, 15) is 4.39 Å². The van der Waals surface area contributed by atoms with Gasteiger partial charge >= 0.3 is 0 Å². The maximum absolute atomic E-state index is 13.7. The predicted molar refractivity (Wildman–Crippen MR) is 83.3 cm³/mol. The fourth-order valence-electron chi connectivity index (χ4n) is 2.14. The third-order valence-electron chi connectivity index (χ3n) is 2.99. The average Bonchev–Trinajstić information content (AvgIpc) is 2.78. The van der Waals surface area contributed by atoms with Gasteiger partial charge in [0.05, 0.1) is 0 Å². The largest absolute Gasteiger partial charge is 0.314 e. The molecule has 0 aliphatic carbocycles. The lowest BCUT2D eigenvalue weighted by atomic mass is 10.0. The molecule has 102 valence electrons. The zero-order valence-electron chi connectivity index (χ0n) is 10.8. The van der Waals surface area contributed by atoms with E-state index in [4.69, 9.17) is 0 Å². The van der Waals surface area contributed by atoms with Gasteiger partial charge in [0.2, 0.25) is 0 Å². The monoisotopic (exact) mass is 341 g/mol. The lowest BCUT2D eigenvalue weighted by Gasteiger charge is -2.17. The molecule has 4 heteroatoms. The van der Waals surface area contributed by atoms with E-state index in [-0.39, 0.29) is 11.9 Å². The highest BCUT2D eigenvalue weighted by atomic mass is 79.9. The lowest BCUT2D eigenvalue weighted by Crippen LogP contribution is -2.33. The molecule has 0 spiro atoms. The van der Waals surface area contributed by atoms with Crippen LogP contribution >= 0.6 is 27.3 Å². The van der Waals surface area contributed by atoms with Crippen molar-refractivity contribution in [2.24, 2.45) is 0 Å². The normalized spacial score (nSPS) is 12.6. The average molecular weight is 342 g/mol. The minimum absolute atomic E-state index is 0.113. The number of halogens is 2. The molecule has 19 heavy (non-hydrogen) atoms. The molecule has 0 amide bonds. The van der Waals surface area contributed by atoms with E-state index < -0.39 is 0 Å². The summed E-state index contributed by atoms with van der Waals surface area (Å²) in [5.41, 5.74) is 0.782. The van der Waals surface area contributed by atoms with Crippen molar-refractivity contribution in [3.8, 4) is 0 Å². The molecule has 0 saturated carbocycles. The molecule has 1 unspecified atom stereocenters. The summed E-state index contributed by atoms with van der Waals surface area (Å²) in [4.78, 5) is 1.31. The molecule has 1 N–H and O–H groups in total. The van der Waals surface area contributed by atoms with Crippen molar-refractivity contribution in [2.45, 2.75) is 25.8 Å². The molecule has 1 nitrogen and oxygen atoms in total. The van der Waals surface area contributed by atoms with Crippen LogP contribution in [-0.4, -0.2) is 12.6 Å². The zero-order valence-corrected chi connectivity index (χ0v) is 13.2. The van der Waals surface area contributed by atoms with E-state index in [1.807, 2.05) is 12.1 Å². The highest BCUT2D eigenvalue weighted by molar-refractivity contribution is 9.10. The lowest BCUT2D eigenvalue weighted by molar-refractivity contribution is 0.508. The second-order valence-electron chi connectivity index (χ2n) is 4.49. The maximum Gasteiger partial charge on any atom is 0.126 e. The third-order valence-corrected chi connectivity index (χ3v) is 4.71. The molecule has 0 saturated heterocycles. The summed E-state index contributed by atoms with van der Waals surface area (Å²) in [6, 6.07) is 9.42. The van der Waals surface area contributed by atoms with Crippen molar-refractivity contribution in [3.63, 3.8) is 0 Å². The van der Waals surface area contributed by atoms with Crippen LogP contribution in [0.3, 0.4) is 0 Å². The Morgan fingerprint density at radius 1 is 1.32 bits per heavy atom.